The number of ether oxygens (including phenoxy) is 1. The van der Waals surface area contributed by atoms with Gasteiger partial charge in [0.15, 0.2) is 0 Å². The Hall–Kier alpha value is -1.29. The van der Waals surface area contributed by atoms with Crippen LogP contribution in [-0.2, 0) is 4.79 Å². The van der Waals surface area contributed by atoms with Crippen molar-refractivity contribution in [2.75, 3.05) is 6.61 Å². The van der Waals surface area contributed by atoms with Crippen LogP contribution in [0, 0.1) is 0 Å². The first kappa shape index (κ1) is 11.8. The van der Waals surface area contributed by atoms with Crippen LogP contribution in [0.15, 0.2) is 40.9 Å². The molecule has 4 heteroatoms. The number of benzene rings is 1. The molecule has 0 saturated carbocycles. The largest absolute Gasteiger partial charge is 0.493 e. The van der Waals surface area contributed by atoms with Gasteiger partial charge in [0.2, 0.25) is 0 Å². The smallest absolute Gasteiger partial charge is 0.327 e. The van der Waals surface area contributed by atoms with Crippen LogP contribution >= 0.6 is 15.9 Å². The molecule has 0 saturated heterocycles. The van der Waals surface area contributed by atoms with Crippen molar-refractivity contribution < 1.29 is 14.6 Å². The van der Waals surface area contributed by atoms with Crippen molar-refractivity contribution in [2.24, 2.45) is 0 Å². The highest BCUT2D eigenvalue weighted by atomic mass is 79.9. The van der Waals surface area contributed by atoms with E-state index in [1.165, 1.54) is 0 Å². The van der Waals surface area contributed by atoms with Crippen LogP contribution in [0.1, 0.15) is 6.42 Å². The van der Waals surface area contributed by atoms with Gasteiger partial charge in [0.25, 0.3) is 0 Å². The summed E-state index contributed by atoms with van der Waals surface area (Å²) < 4.78 is 6.35. The number of hydrogen-bond donors (Lipinski definition) is 1. The van der Waals surface area contributed by atoms with Crippen LogP contribution in [0.2, 0.25) is 0 Å². The normalized spacial score (nSPS) is 10.5. The Morgan fingerprint density at radius 1 is 1.53 bits per heavy atom. The zero-order valence-electron chi connectivity index (χ0n) is 8.02. The summed E-state index contributed by atoms with van der Waals surface area (Å²) in [6, 6.07) is 7.51. The molecule has 0 aromatic heterocycles. The number of carboxylic acid groups (broad SMARTS) is 1. The zero-order valence-corrected chi connectivity index (χ0v) is 9.61. The molecule has 80 valence electrons. The Morgan fingerprint density at radius 3 is 3.00 bits per heavy atom. The second-order valence-corrected chi connectivity index (χ2v) is 3.75. The summed E-state index contributed by atoms with van der Waals surface area (Å²) in [6.07, 6.45) is 3.27. The number of carbonyl (C=O) groups is 1. The molecule has 1 rings (SSSR count). The van der Waals surface area contributed by atoms with E-state index in [9.17, 15) is 4.79 Å². The van der Waals surface area contributed by atoms with Gasteiger partial charge < -0.3 is 9.84 Å². The summed E-state index contributed by atoms with van der Waals surface area (Å²) in [7, 11) is 0. The predicted molar refractivity (Wildman–Crippen MR) is 61.0 cm³/mol. The molecule has 0 radical (unpaired) electrons. The lowest BCUT2D eigenvalue weighted by atomic mass is 10.3. The van der Waals surface area contributed by atoms with Crippen LogP contribution in [0.4, 0.5) is 0 Å². The first-order valence-corrected chi connectivity index (χ1v) is 5.25. The maximum Gasteiger partial charge on any atom is 0.327 e. The highest BCUT2D eigenvalue weighted by Gasteiger charge is 1.93. The van der Waals surface area contributed by atoms with E-state index in [1.54, 1.807) is 6.08 Å². The fourth-order valence-corrected chi connectivity index (χ4v) is 1.36. The molecule has 0 fully saturated rings. The molecule has 0 aliphatic rings. The fourth-order valence-electron chi connectivity index (χ4n) is 0.986. The van der Waals surface area contributed by atoms with Gasteiger partial charge in [0, 0.05) is 10.5 Å². The third-order valence-electron chi connectivity index (χ3n) is 1.61. The van der Waals surface area contributed by atoms with Gasteiger partial charge in [-0.25, -0.2) is 4.79 Å². The third-order valence-corrected chi connectivity index (χ3v) is 2.10. The van der Waals surface area contributed by atoms with Crippen LogP contribution in [0.5, 0.6) is 5.75 Å². The molecule has 0 bridgehead atoms. The van der Waals surface area contributed by atoms with E-state index in [-0.39, 0.29) is 0 Å². The maximum absolute atomic E-state index is 10.1. The van der Waals surface area contributed by atoms with Crippen molar-refractivity contribution in [2.45, 2.75) is 6.42 Å². The molecule has 0 aliphatic heterocycles. The fraction of sp³-hybridized carbons (Fsp3) is 0.182. The predicted octanol–water partition coefficient (Wildman–Crippen LogP) is 2.86. The molecule has 1 aromatic rings. The molecular formula is C11H11BrO3. The Balaban J connectivity index is 2.29. The van der Waals surface area contributed by atoms with E-state index in [1.807, 2.05) is 24.3 Å². The maximum atomic E-state index is 10.1. The third kappa shape index (κ3) is 5.22. The molecule has 0 heterocycles. The topological polar surface area (TPSA) is 46.5 Å². The number of halogens is 1. The summed E-state index contributed by atoms with van der Waals surface area (Å²) in [5.41, 5.74) is 0. The standard InChI is InChI=1S/C11H11BrO3/c12-9-4-3-5-10(8-9)15-7-2-1-6-11(13)14/h1,3-6,8H,2,7H2,(H,13,14)/b6-1+. The number of rotatable bonds is 5. The van der Waals surface area contributed by atoms with E-state index in [0.29, 0.717) is 13.0 Å². The van der Waals surface area contributed by atoms with Crippen molar-refractivity contribution in [1.82, 2.24) is 0 Å². The molecule has 3 nitrogen and oxygen atoms in total. The summed E-state index contributed by atoms with van der Waals surface area (Å²) in [5, 5.41) is 8.33. The summed E-state index contributed by atoms with van der Waals surface area (Å²) in [6.45, 7) is 0.472. The van der Waals surface area contributed by atoms with E-state index in [0.717, 1.165) is 16.3 Å². The van der Waals surface area contributed by atoms with Gasteiger partial charge >= 0.3 is 5.97 Å². The Labute approximate surface area is 96.5 Å². The lowest BCUT2D eigenvalue weighted by Crippen LogP contribution is -1.96. The van der Waals surface area contributed by atoms with E-state index < -0.39 is 5.97 Å². The highest BCUT2D eigenvalue weighted by Crippen LogP contribution is 2.17. The molecule has 0 spiro atoms. The quantitative estimate of drug-likeness (QED) is 0.661. The second kappa shape index (κ2) is 6.24. The molecule has 0 unspecified atom stereocenters. The second-order valence-electron chi connectivity index (χ2n) is 2.84. The van der Waals surface area contributed by atoms with Crippen molar-refractivity contribution in [3.05, 3.63) is 40.9 Å². The average molecular weight is 271 g/mol. The van der Waals surface area contributed by atoms with Crippen molar-refractivity contribution in [3.8, 4) is 5.75 Å². The van der Waals surface area contributed by atoms with Gasteiger partial charge in [-0.3, -0.25) is 0 Å². The molecule has 15 heavy (non-hydrogen) atoms. The molecule has 1 N–H and O–H groups in total. The summed E-state index contributed by atoms with van der Waals surface area (Å²) >= 11 is 3.33. The molecular weight excluding hydrogens is 260 g/mol. The van der Waals surface area contributed by atoms with Gasteiger partial charge in [-0.1, -0.05) is 28.1 Å². The monoisotopic (exact) mass is 270 g/mol. The first-order valence-electron chi connectivity index (χ1n) is 4.46. The van der Waals surface area contributed by atoms with Gasteiger partial charge in [-0.15, -0.1) is 0 Å². The van der Waals surface area contributed by atoms with Gasteiger partial charge in [0.1, 0.15) is 5.75 Å². The van der Waals surface area contributed by atoms with Crippen LogP contribution < -0.4 is 4.74 Å². The molecule has 1 aromatic carbocycles. The number of aliphatic carboxylic acids is 1. The Bertz CT molecular complexity index is 361. The van der Waals surface area contributed by atoms with Crippen molar-refractivity contribution in [1.29, 1.82) is 0 Å². The van der Waals surface area contributed by atoms with E-state index in [2.05, 4.69) is 15.9 Å². The van der Waals surface area contributed by atoms with Gasteiger partial charge in [0.05, 0.1) is 6.61 Å². The Kier molecular flexibility index (Phi) is 4.90. The lowest BCUT2D eigenvalue weighted by Gasteiger charge is -2.03. The lowest BCUT2D eigenvalue weighted by molar-refractivity contribution is -0.131. The van der Waals surface area contributed by atoms with Crippen LogP contribution in [0.25, 0.3) is 0 Å². The van der Waals surface area contributed by atoms with Gasteiger partial charge in [-0.05, 0) is 24.6 Å². The average Bonchev–Trinajstić information content (AvgIpc) is 2.17. The van der Waals surface area contributed by atoms with E-state index in [4.69, 9.17) is 9.84 Å². The van der Waals surface area contributed by atoms with E-state index >= 15 is 0 Å². The minimum absolute atomic E-state index is 0.472. The number of hydrogen-bond acceptors (Lipinski definition) is 2. The zero-order chi connectivity index (χ0) is 11.1. The van der Waals surface area contributed by atoms with Crippen molar-refractivity contribution >= 4 is 21.9 Å². The minimum Gasteiger partial charge on any atom is -0.493 e. The summed E-state index contributed by atoms with van der Waals surface area (Å²) in [5.74, 6) is -0.162. The van der Waals surface area contributed by atoms with Crippen LogP contribution in [0.3, 0.4) is 0 Å². The van der Waals surface area contributed by atoms with Gasteiger partial charge in [-0.2, -0.15) is 0 Å². The first-order chi connectivity index (χ1) is 7.18. The Morgan fingerprint density at radius 2 is 2.33 bits per heavy atom. The molecule has 0 amide bonds. The highest BCUT2D eigenvalue weighted by molar-refractivity contribution is 9.10. The minimum atomic E-state index is -0.933. The number of carboxylic acids is 1. The summed E-state index contributed by atoms with van der Waals surface area (Å²) in [4.78, 5) is 10.1. The van der Waals surface area contributed by atoms with Crippen molar-refractivity contribution in [3.63, 3.8) is 0 Å². The molecule has 0 aliphatic carbocycles. The van der Waals surface area contributed by atoms with Crippen LogP contribution in [-0.4, -0.2) is 17.7 Å². The SMILES string of the molecule is O=C(O)/C=C/CCOc1cccc(Br)c1. The molecule has 0 atom stereocenters.